The van der Waals surface area contributed by atoms with Crippen molar-refractivity contribution in [1.29, 1.82) is 0 Å². The number of benzene rings is 1. The normalized spacial score (nSPS) is 10.9. The van der Waals surface area contributed by atoms with Gasteiger partial charge in [0.1, 0.15) is 10.4 Å². The van der Waals surface area contributed by atoms with Gasteiger partial charge in [0.25, 0.3) is 0 Å². The Hall–Kier alpha value is -1.88. The Morgan fingerprint density at radius 2 is 1.89 bits per heavy atom. The van der Waals surface area contributed by atoms with Gasteiger partial charge in [-0.1, -0.05) is 0 Å². The average Bonchev–Trinajstić information content (AvgIpc) is 2.77. The molecule has 0 bridgehead atoms. The summed E-state index contributed by atoms with van der Waals surface area (Å²) in [5.74, 6) is 0.912. The third-order valence-corrected chi connectivity index (χ3v) is 3.63. The van der Waals surface area contributed by atoms with E-state index >= 15 is 0 Å². The first kappa shape index (κ1) is 12.2. The van der Waals surface area contributed by atoms with Crippen LogP contribution in [0.4, 0.5) is 5.69 Å². The summed E-state index contributed by atoms with van der Waals surface area (Å²) in [7, 11) is 4.06. The molecule has 96 valence electrons. The van der Waals surface area contributed by atoms with E-state index in [1.807, 2.05) is 24.7 Å². The predicted molar refractivity (Wildman–Crippen MR) is 80.5 cm³/mol. The van der Waals surface area contributed by atoms with E-state index in [0.29, 0.717) is 0 Å². The van der Waals surface area contributed by atoms with Gasteiger partial charge in [-0.05, 0) is 40.2 Å². The highest BCUT2D eigenvalue weighted by Gasteiger charge is 2.10. The van der Waals surface area contributed by atoms with Crippen molar-refractivity contribution in [3.8, 4) is 11.4 Å². The van der Waals surface area contributed by atoms with E-state index in [1.54, 1.807) is 12.4 Å². The molecular weight excluding hydrogens is 304 g/mol. The number of halogens is 1. The molecular formula is C14H13BrN4. The van der Waals surface area contributed by atoms with Gasteiger partial charge < -0.3 is 4.90 Å². The molecule has 19 heavy (non-hydrogen) atoms. The van der Waals surface area contributed by atoms with Crippen molar-refractivity contribution in [2.75, 3.05) is 19.0 Å². The zero-order valence-electron chi connectivity index (χ0n) is 10.7. The summed E-state index contributed by atoms with van der Waals surface area (Å²) >= 11 is 3.47. The summed E-state index contributed by atoms with van der Waals surface area (Å²) < 4.78 is 2.84. The number of hydrogen-bond acceptors (Lipinski definition) is 3. The molecule has 0 radical (unpaired) electrons. The van der Waals surface area contributed by atoms with Crippen LogP contribution in [-0.4, -0.2) is 28.5 Å². The van der Waals surface area contributed by atoms with Crippen molar-refractivity contribution in [3.63, 3.8) is 0 Å². The van der Waals surface area contributed by atoms with Crippen molar-refractivity contribution in [2.24, 2.45) is 0 Å². The number of anilines is 1. The van der Waals surface area contributed by atoms with Crippen molar-refractivity contribution in [3.05, 3.63) is 47.5 Å². The second-order valence-electron chi connectivity index (χ2n) is 4.50. The molecule has 0 N–H and O–H groups in total. The smallest absolute Gasteiger partial charge is 0.145 e. The molecule has 4 nitrogen and oxygen atoms in total. The standard InChI is InChI=1S/C14H13BrN4/c1-18(2)11-5-3-10(4-6-11)14-17-13(15)12-9-16-7-8-19(12)14/h3-9H,1-2H3. The molecule has 3 aromatic rings. The predicted octanol–water partition coefficient (Wildman–Crippen LogP) is 3.22. The van der Waals surface area contributed by atoms with Gasteiger partial charge >= 0.3 is 0 Å². The topological polar surface area (TPSA) is 33.4 Å². The van der Waals surface area contributed by atoms with Crippen LogP contribution < -0.4 is 4.90 Å². The average molecular weight is 317 g/mol. The maximum atomic E-state index is 4.56. The molecule has 0 amide bonds. The maximum absolute atomic E-state index is 4.56. The molecule has 0 aliphatic carbocycles. The highest BCUT2D eigenvalue weighted by atomic mass is 79.9. The van der Waals surface area contributed by atoms with Crippen molar-refractivity contribution in [1.82, 2.24) is 14.4 Å². The quantitative estimate of drug-likeness (QED) is 0.728. The summed E-state index contributed by atoms with van der Waals surface area (Å²) in [6.45, 7) is 0. The first-order valence-corrected chi connectivity index (χ1v) is 6.71. The van der Waals surface area contributed by atoms with Crippen LogP contribution >= 0.6 is 15.9 Å². The van der Waals surface area contributed by atoms with Crippen molar-refractivity contribution in [2.45, 2.75) is 0 Å². The van der Waals surface area contributed by atoms with Crippen LogP contribution in [0.5, 0.6) is 0 Å². The minimum absolute atomic E-state index is 0.812. The van der Waals surface area contributed by atoms with Crippen LogP contribution in [0.25, 0.3) is 16.9 Å². The van der Waals surface area contributed by atoms with E-state index in [4.69, 9.17) is 0 Å². The van der Waals surface area contributed by atoms with E-state index in [-0.39, 0.29) is 0 Å². The fourth-order valence-corrected chi connectivity index (χ4v) is 2.48. The van der Waals surface area contributed by atoms with Crippen LogP contribution in [0.2, 0.25) is 0 Å². The van der Waals surface area contributed by atoms with Crippen LogP contribution in [0.3, 0.4) is 0 Å². The van der Waals surface area contributed by atoms with Gasteiger partial charge in [0.15, 0.2) is 0 Å². The highest BCUT2D eigenvalue weighted by Crippen LogP contribution is 2.26. The summed E-state index contributed by atoms with van der Waals surface area (Å²) in [5.41, 5.74) is 3.22. The van der Waals surface area contributed by atoms with Gasteiger partial charge in [0.05, 0.1) is 11.7 Å². The molecule has 1 aromatic carbocycles. The number of imidazole rings is 1. The lowest BCUT2D eigenvalue weighted by atomic mass is 10.2. The van der Waals surface area contributed by atoms with Gasteiger partial charge in [0, 0.05) is 37.7 Å². The molecule has 0 aliphatic heterocycles. The Morgan fingerprint density at radius 3 is 2.58 bits per heavy atom. The molecule has 0 unspecified atom stereocenters. The van der Waals surface area contributed by atoms with E-state index in [1.165, 1.54) is 5.69 Å². The van der Waals surface area contributed by atoms with Gasteiger partial charge in [0.2, 0.25) is 0 Å². The molecule has 0 aliphatic rings. The van der Waals surface area contributed by atoms with E-state index < -0.39 is 0 Å². The number of hydrogen-bond donors (Lipinski definition) is 0. The zero-order chi connectivity index (χ0) is 13.4. The zero-order valence-corrected chi connectivity index (χ0v) is 12.3. The fraction of sp³-hybridized carbons (Fsp3) is 0.143. The minimum atomic E-state index is 0.812. The number of nitrogens with zero attached hydrogens (tertiary/aromatic N) is 4. The van der Waals surface area contributed by atoms with Gasteiger partial charge in [-0.3, -0.25) is 9.38 Å². The lowest BCUT2D eigenvalue weighted by molar-refractivity contribution is 1.11. The Morgan fingerprint density at radius 1 is 1.16 bits per heavy atom. The number of rotatable bonds is 2. The van der Waals surface area contributed by atoms with Crippen LogP contribution in [0, 0.1) is 0 Å². The summed E-state index contributed by atoms with van der Waals surface area (Å²) in [6.07, 6.45) is 5.48. The monoisotopic (exact) mass is 316 g/mol. The van der Waals surface area contributed by atoms with Crippen LogP contribution in [0.1, 0.15) is 0 Å². The maximum Gasteiger partial charge on any atom is 0.145 e. The van der Waals surface area contributed by atoms with E-state index in [9.17, 15) is 0 Å². The second-order valence-corrected chi connectivity index (χ2v) is 5.25. The van der Waals surface area contributed by atoms with Gasteiger partial charge in [-0.25, -0.2) is 4.98 Å². The molecule has 0 fully saturated rings. The Balaban J connectivity index is 2.14. The summed E-state index contributed by atoms with van der Waals surface area (Å²) in [4.78, 5) is 10.8. The molecule has 0 atom stereocenters. The Bertz CT molecular complexity index is 716. The first-order chi connectivity index (χ1) is 9.16. The minimum Gasteiger partial charge on any atom is -0.378 e. The lowest BCUT2D eigenvalue weighted by Gasteiger charge is -2.12. The fourth-order valence-electron chi connectivity index (χ4n) is 2.02. The molecule has 2 aromatic heterocycles. The number of fused-ring (bicyclic) bond motifs is 1. The Kier molecular flexibility index (Phi) is 2.98. The molecule has 0 saturated heterocycles. The van der Waals surface area contributed by atoms with Gasteiger partial charge in [-0.15, -0.1) is 0 Å². The molecule has 0 saturated carbocycles. The van der Waals surface area contributed by atoms with Crippen molar-refractivity contribution < 1.29 is 0 Å². The largest absolute Gasteiger partial charge is 0.378 e. The van der Waals surface area contributed by atoms with E-state index in [2.05, 4.69) is 55.1 Å². The molecule has 3 rings (SSSR count). The van der Waals surface area contributed by atoms with E-state index in [0.717, 1.165) is 21.5 Å². The molecule has 2 heterocycles. The second kappa shape index (κ2) is 4.66. The van der Waals surface area contributed by atoms with Crippen LogP contribution in [-0.2, 0) is 0 Å². The van der Waals surface area contributed by atoms with Crippen LogP contribution in [0.15, 0.2) is 47.5 Å². The lowest BCUT2D eigenvalue weighted by Crippen LogP contribution is -2.08. The molecule has 0 spiro atoms. The van der Waals surface area contributed by atoms with Gasteiger partial charge in [-0.2, -0.15) is 0 Å². The number of aromatic nitrogens is 3. The summed E-state index contributed by atoms with van der Waals surface area (Å²) in [5, 5.41) is 0. The third-order valence-electron chi connectivity index (χ3n) is 3.04. The van der Waals surface area contributed by atoms with Crippen molar-refractivity contribution >= 4 is 27.1 Å². The third kappa shape index (κ3) is 2.10. The summed E-state index contributed by atoms with van der Waals surface area (Å²) in [6, 6.07) is 8.34. The Labute approximate surface area is 119 Å². The highest BCUT2D eigenvalue weighted by molar-refractivity contribution is 9.10. The SMILES string of the molecule is CN(C)c1ccc(-c2nc(Br)c3cnccn23)cc1. The molecule has 5 heteroatoms. The first-order valence-electron chi connectivity index (χ1n) is 5.92.